The third kappa shape index (κ3) is 5.21. The van der Waals surface area contributed by atoms with E-state index >= 15 is 0 Å². The number of hydrogen-bond donors (Lipinski definition) is 2. The summed E-state index contributed by atoms with van der Waals surface area (Å²) in [6, 6.07) is 14.3. The Morgan fingerprint density at radius 1 is 0.870 bits per heavy atom. The Morgan fingerprint density at radius 3 is 2.13 bits per heavy atom. The van der Waals surface area contributed by atoms with Crippen molar-refractivity contribution in [3.05, 3.63) is 59.6 Å². The Bertz CT molecular complexity index is 869. The van der Waals surface area contributed by atoms with Gasteiger partial charge in [-0.15, -0.1) is 0 Å². The number of sulfonamides is 2. The van der Waals surface area contributed by atoms with Crippen LogP contribution in [0.4, 0.5) is 5.69 Å². The van der Waals surface area contributed by atoms with Gasteiger partial charge in [0, 0.05) is 12.2 Å². The zero-order valence-electron chi connectivity index (χ0n) is 11.9. The molecule has 6 nitrogen and oxygen atoms in total. The highest BCUT2D eigenvalue weighted by atomic mass is 35.5. The number of para-hydroxylation sites is 1. The van der Waals surface area contributed by atoms with E-state index in [4.69, 9.17) is 11.6 Å². The molecule has 2 rings (SSSR count). The molecule has 2 N–H and O–H groups in total. The molecule has 0 saturated carbocycles. The summed E-state index contributed by atoms with van der Waals surface area (Å²) < 4.78 is 52.6. The average molecular weight is 375 g/mol. The van der Waals surface area contributed by atoms with Crippen LogP contribution in [0.5, 0.6) is 0 Å². The largest absolute Gasteiger partial charge is 0.284 e. The van der Waals surface area contributed by atoms with Gasteiger partial charge in [0.25, 0.3) is 0 Å². The lowest BCUT2D eigenvalue weighted by Crippen LogP contribution is -2.31. The van der Waals surface area contributed by atoms with Crippen LogP contribution in [0.25, 0.3) is 0 Å². The lowest BCUT2D eigenvalue weighted by Gasteiger charge is -2.10. The van der Waals surface area contributed by atoms with Gasteiger partial charge in [-0.2, -0.15) is 0 Å². The molecule has 23 heavy (non-hydrogen) atoms. The van der Waals surface area contributed by atoms with Gasteiger partial charge in [0.1, 0.15) is 4.90 Å². The molecule has 2 aromatic carbocycles. The van der Waals surface area contributed by atoms with Crippen molar-refractivity contribution in [1.82, 2.24) is 4.72 Å². The van der Waals surface area contributed by atoms with Crippen LogP contribution in [0.15, 0.2) is 59.5 Å². The van der Waals surface area contributed by atoms with Crippen LogP contribution >= 0.6 is 11.6 Å². The maximum absolute atomic E-state index is 12.1. The molecule has 0 amide bonds. The SMILES string of the molecule is O=S(=O)(CCNS(=O)(=O)c1ccccc1Cl)Nc1ccccc1. The summed E-state index contributed by atoms with van der Waals surface area (Å²) in [6.07, 6.45) is 0. The molecule has 0 fully saturated rings. The van der Waals surface area contributed by atoms with Gasteiger partial charge in [0.15, 0.2) is 0 Å². The van der Waals surface area contributed by atoms with Gasteiger partial charge in [-0.25, -0.2) is 21.6 Å². The van der Waals surface area contributed by atoms with Crippen LogP contribution in [0.3, 0.4) is 0 Å². The van der Waals surface area contributed by atoms with Crippen molar-refractivity contribution in [2.75, 3.05) is 17.0 Å². The second kappa shape index (κ2) is 7.31. The summed E-state index contributed by atoms with van der Waals surface area (Å²) >= 11 is 5.84. The highest BCUT2D eigenvalue weighted by Crippen LogP contribution is 2.19. The number of hydrogen-bond acceptors (Lipinski definition) is 4. The lowest BCUT2D eigenvalue weighted by molar-refractivity contribution is 0.582. The van der Waals surface area contributed by atoms with Crippen LogP contribution in [-0.4, -0.2) is 29.1 Å². The third-order valence-electron chi connectivity index (χ3n) is 2.84. The van der Waals surface area contributed by atoms with E-state index in [9.17, 15) is 16.8 Å². The van der Waals surface area contributed by atoms with E-state index in [0.29, 0.717) is 5.69 Å². The highest BCUT2D eigenvalue weighted by molar-refractivity contribution is 7.92. The molecule has 0 aliphatic rings. The Kier molecular flexibility index (Phi) is 5.64. The van der Waals surface area contributed by atoms with Crippen LogP contribution in [0, 0.1) is 0 Å². The van der Waals surface area contributed by atoms with Crippen LogP contribution in [0.2, 0.25) is 5.02 Å². The fourth-order valence-corrected chi connectivity index (χ4v) is 4.43. The highest BCUT2D eigenvalue weighted by Gasteiger charge is 2.18. The zero-order chi connectivity index (χ0) is 16.9. The van der Waals surface area contributed by atoms with Crippen LogP contribution < -0.4 is 9.44 Å². The summed E-state index contributed by atoms with van der Waals surface area (Å²) in [4.78, 5) is -0.0879. The summed E-state index contributed by atoms with van der Waals surface area (Å²) in [6.45, 7) is -0.268. The first-order valence-corrected chi connectivity index (χ1v) is 10.1. The van der Waals surface area contributed by atoms with E-state index in [1.54, 1.807) is 36.4 Å². The van der Waals surface area contributed by atoms with E-state index in [2.05, 4.69) is 9.44 Å². The number of nitrogens with one attached hydrogen (secondary N) is 2. The van der Waals surface area contributed by atoms with E-state index in [1.807, 2.05) is 0 Å². The number of rotatable bonds is 7. The van der Waals surface area contributed by atoms with Gasteiger partial charge in [-0.1, -0.05) is 41.9 Å². The van der Waals surface area contributed by atoms with E-state index < -0.39 is 25.8 Å². The van der Waals surface area contributed by atoms with Gasteiger partial charge < -0.3 is 0 Å². The van der Waals surface area contributed by atoms with Crippen molar-refractivity contribution < 1.29 is 16.8 Å². The van der Waals surface area contributed by atoms with Gasteiger partial charge in [-0.3, -0.25) is 4.72 Å². The van der Waals surface area contributed by atoms with Crippen molar-refractivity contribution in [2.24, 2.45) is 0 Å². The van der Waals surface area contributed by atoms with Crippen molar-refractivity contribution in [3.8, 4) is 0 Å². The maximum atomic E-state index is 12.1. The second-order valence-corrected chi connectivity index (χ2v) is 8.60. The molecule has 124 valence electrons. The predicted molar refractivity (Wildman–Crippen MR) is 90.5 cm³/mol. The minimum atomic E-state index is -3.86. The molecular formula is C14H15ClN2O4S2. The van der Waals surface area contributed by atoms with Crippen molar-refractivity contribution in [2.45, 2.75) is 4.90 Å². The van der Waals surface area contributed by atoms with Crippen molar-refractivity contribution in [1.29, 1.82) is 0 Å². The maximum Gasteiger partial charge on any atom is 0.242 e. The van der Waals surface area contributed by atoms with Crippen molar-refractivity contribution in [3.63, 3.8) is 0 Å². The van der Waals surface area contributed by atoms with Crippen LogP contribution in [-0.2, 0) is 20.0 Å². The molecule has 0 spiro atoms. The molecule has 0 aromatic heterocycles. The molecule has 0 aliphatic carbocycles. The zero-order valence-corrected chi connectivity index (χ0v) is 14.3. The van der Waals surface area contributed by atoms with E-state index in [-0.39, 0.29) is 16.5 Å². The quantitative estimate of drug-likeness (QED) is 0.775. The minimum Gasteiger partial charge on any atom is -0.284 e. The minimum absolute atomic E-state index is 0.0743. The van der Waals surface area contributed by atoms with Gasteiger partial charge in [0.05, 0.1) is 10.8 Å². The third-order valence-corrected chi connectivity index (χ3v) is 6.09. The Hall–Kier alpha value is -1.61. The average Bonchev–Trinajstić information content (AvgIpc) is 2.47. The monoisotopic (exact) mass is 374 g/mol. The molecule has 0 radical (unpaired) electrons. The summed E-state index contributed by atoms with van der Waals surface area (Å²) in [5, 5.41) is 0.0743. The van der Waals surface area contributed by atoms with E-state index in [0.717, 1.165) is 0 Å². The topological polar surface area (TPSA) is 92.3 Å². The molecule has 0 atom stereocenters. The first kappa shape index (κ1) is 17.7. The molecule has 9 heteroatoms. The normalized spacial score (nSPS) is 12.0. The first-order chi connectivity index (χ1) is 10.8. The fraction of sp³-hybridized carbons (Fsp3) is 0.143. The molecule has 0 heterocycles. The van der Waals surface area contributed by atoms with Gasteiger partial charge in [0.2, 0.25) is 20.0 Å². The Labute approximate surface area is 140 Å². The van der Waals surface area contributed by atoms with Gasteiger partial charge >= 0.3 is 0 Å². The fourth-order valence-electron chi connectivity index (χ4n) is 1.79. The van der Waals surface area contributed by atoms with E-state index in [1.165, 1.54) is 18.2 Å². The Morgan fingerprint density at radius 2 is 1.48 bits per heavy atom. The van der Waals surface area contributed by atoms with Crippen LogP contribution in [0.1, 0.15) is 0 Å². The molecule has 0 unspecified atom stereocenters. The smallest absolute Gasteiger partial charge is 0.242 e. The standard InChI is InChI=1S/C14H15ClN2O4S2/c15-13-8-4-5-9-14(13)23(20,21)16-10-11-22(18,19)17-12-6-2-1-3-7-12/h1-9,16-17H,10-11H2. The number of halogens is 1. The Balaban J connectivity index is 1.97. The van der Waals surface area contributed by atoms with Crippen molar-refractivity contribution >= 4 is 37.3 Å². The molecular weight excluding hydrogens is 360 g/mol. The van der Waals surface area contributed by atoms with Gasteiger partial charge in [-0.05, 0) is 24.3 Å². The summed E-state index contributed by atoms with van der Waals surface area (Å²) in [5.41, 5.74) is 0.418. The second-order valence-electron chi connectivity index (χ2n) is 4.62. The first-order valence-electron chi connectivity index (χ1n) is 6.60. The molecule has 2 aromatic rings. The number of anilines is 1. The summed E-state index contributed by atoms with van der Waals surface area (Å²) in [7, 11) is -7.52. The summed E-state index contributed by atoms with van der Waals surface area (Å²) in [5.74, 6) is -0.397. The lowest BCUT2D eigenvalue weighted by atomic mass is 10.3. The molecule has 0 aliphatic heterocycles. The molecule has 0 saturated heterocycles. The predicted octanol–water partition coefficient (Wildman–Crippen LogP) is 2.06. The number of benzene rings is 2. The molecule has 0 bridgehead atoms.